The maximum atomic E-state index is 6.71. The highest BCUT2D eigenvalue weighted by molar-refractivity contribution is 6.68. The van der Waals surface area contributed by atoms with E-state index in [1.54, 1.807) is 7.11 Å². The Balaban J connectivity index is 1.29. The van der Waals surface area contributed by atoms with E-state index < -0.39 is 9.83 Å². The maximum absolute atomic E-state index is 6.71. The number of hydrogen-bond donors (Lipinski definition) is 0. The Morgan fingerprint density at radius 1 is 0.949 bits per heavy atom. The molecule has 0 aromatic heterocycles. The lowest BCUT2D eigenvalue weighted by Crippen LogP contribution is -2.41. The van der Waals surface area contributed by atoms with E-state index in [2.05, 4.69) is 17.0 Å². The molecule has 3 aliphatic rings. The fourth-order valence-electron chi connectivity index (χ4n) is 5.42. The van der Waals surface area contributed by atoms with Crippen LogP contribution in [0.15, 0.2) is 54.6 Å². The number of fused-ring (bicyclic) bond motifs is 5. The van der Waals surface area contributed by atoms with Gasteiger partial charge in [-0.05, 0) is 66.8 Å². The third-order valence-corrected chi connectivity index (χ3v) is 7.82. The predicted molar refractivity (Wildman–Crippen MR) is 154 cm³/mol. The van der Waals surface area contributed by atoms with Gasteiger partial charge in [0.15, 0.2) is 23.0 Å². The van der Waals surface area contributed by atoms with Gasteiger partial charge in [0.1, 0.15) is 11.8 Å². The second-order valence-electron chi connectivity index (χ2n) is 9.60. The van der Waals surface area contributed by atoms with E-state index in [4.69, 9.17) is 58.5 Å². The SMILES string of the molecule is COc1ccc2c(c1OCCCCOc1ccccc1)[C@H](C(Cl)(Cl)Cl)N1CCc3cc4c(cc3C1=C2)OCO4. The van der Waals surface area contributed by atoms with Crippen LogP contribution in [0.3, 0.4) is 0 Å². The Hall–Kier alpha value is -2.93. The van der Waals surface area contributed by atoms with Gasteiger partial charge in [-0.1, -0.05) is 59.1 Å². The van der Waals surface area contributed by atoms with Crippen molar-refractivity contribution in [2.75, 3.05) is 33.7 Å². The summed E-state index contributed by atoms with van der Waals surface area (Å²) in [7, 11) is 1.62. The van der Waals surface area contributed by atoms with Crippen molar-refractivity contribution in [3.05, 3.63) is 76.9 Å². The summed E-state index contributed by atoms with van der Waals surface area (Å²) < 4.78 is 27.5. The van der Waals surface area contributed by atoms with Gasteiger partial charge in [0, 0.05) is 23.4 Å². The van der Waals surface area contributed by atoms with E-state index in [0.29, 0.717) is 31.3 Å². The highest BCUT2D eigenvalue weighted by Crippen LogP contribution is 2.56. The standard InChI is InChI=1S/C30H28Cl3NO5/c1-35-24-10-9-20-15-23-22-17-26-25(38-18-39-26)16-19(22)11-12-34(23)29(30(31,32)33)27(20)28(24)37-14-6-5-13-36-21-7-3-2-4-8-21/h2-4,7-10,15-17,29H,5-6,11-14,18H2,1H3/t29-/m1/s1. The minimum atomic E-state index is -1.63. The van der Waals surface area contributed by atoms with Crippen LogP contribution >= 0.6 is 34.8 Å². The Morgan fingerprint density at radius 3 is 2.44 bits per heavy atom. The molecule has 0 radical (unpaired) electrons. The zero-order valence-electron chi connectivity index (χ0n) is 21.4. The van der Waals surface area contributed by atoms with Gasteiger partial charge in [-0.2, -0.15) is 0 Å². The molecule has 0 saturated heterocycles. The van der Waals surface area contributed by atoms with Crippen LogP contribution in [0.25, 0.3) is 11.8 Å². The third kappa shape index (κ3) is 5.18. The highest BCUT2D eigenvalue weighted by Gasteiger charge is 2.46. The number of para-hydroxylation sites is 1. The topological polar surface area (TPSA) is 49.4 Å². The molecule has 3 aromatic carbocycles. The Labute approximate surface area is 242 Å². The van der Waals surface area contributed by atoms with Crippen LogP contribution in [-0.4, -0.2) is 42.4 Å². The Morgan fingerprint density at radius 2 is 1.69 bits per heavy atom. The normalized spacial score (nSPS) is 17.1. The van der Waals surface area contributed by atoms with Crippen molar-refractivity contribution in [1.29, 1.82) is 0 Å². The average Bonchev–Trinajstić information content (AvgIpc) is 3.40. The third-order valence-electron chi connectivity index (χ3n) is 7.20. The first-order chi connectivity index (χ1) is 18.9. The van der Waals surface area contributed by atoms with E-state index in [1.807, 2.05) is 48.5 Å². The minimum Gasteiger partial charge on any atom is -0.494 e. The first-order valence-electron chi connectivity index (χ1n) is 12.9. The smallest absolute Gasteiger partial charge is 0.231 e. The number of rotatable bonds is 8. The molecule has 6 nitrogen and oxygen atoms in total. The van der Waals surface area contributed by atoms with E-state index in [-0.39, 0.29) is 6.79 Å². The molecule has 0 fully saturated rings. The molecule has 39 heavy (non-hydrogen) atoms. The lowest BCUT2D eigenvalue weighted by atomic mass is 9.86. The van der Waals surface area contributed by atoms with E-state index in [1.165, 1.54) is 5.56 Å². The molecule has 3 aromatic rings. The molecule has 9 heteroatoms. The van der Waals surface area contributed by atoms with Crippen LogP contribution in [0.4, 0.5) is 0 Å². The Kier molecular flexibility index (Phi) is 7.36. The van der Waals surface area contributed by atoms with Crippen LogP contribution in [0.2, 0.25) is 0 Å². The van der Waals surface area contributed by atoms with Crippen molar-refractivity contribution in [2.45, 2.75) is 29.1 Å². The summed E-state index contributed by atoms with van der Waals surface area (Å²) in [5.74, 6) is 3.56. The molecule has 0 spiro atoms. The second-order valence-corrected chi connectivity index (χ2v) is 12.0. The number of unbranched alkanes of at least 4 members (excludes halogenated alkanes) is 1. The first kappa shape index (κ1) is 26.3. The summed E-state index contributed by atoms with van der Waals surface area (Å²) in [6, 6.07) is 17.2. The van der Waals surface area contributed by atoms with Crippen molar-refractivity contribution >= 4 is 46.6 Å². The highest BCUT2D eigenvalue weighted by atomic mass is 35.6. The number of methoxy groups -OCH3 is 1. The van der Waals surface area contributed by atoms with Crippen LogP contribution in [0.1, 0.15) is 41.1 Å². The molecule has 0 N–H and O–H groups in total. The summed E-state index contributed by atoms with van der Waals surface area (Å²) in [5, 5.41) is 0. The van der Waals surface area contributed by atoms with Crippen LogP contribution in [-0.2, 0) is 6.42 Å². The van der Waals surface area contributed by atoms with Crippen LogP contribution < -0.4 is 23.7 Å². The van der Waals surface area contributed by atoms with Gasteiger partial charge in [0.05, 0.1) is 20.3 Å². The molecule has 204 valence electrons. The van der Waals surface area contributed by atoms with E-state index in [9.17, 15) is 0 Å². The fourth-order valence-corrected chi connectivity index (χ4v) is 6.10. The molecule has 0 amide bonds. The zero-order valence-corrected chi connectivity index (χ0v) is 23.7. The first-order valence-corrected chi connectivity index (χ1v) is 14.1. The maximum Gasteiger partial charge on any atom is 0.231 e. The molecule has 3 aliphatic heterocycles. The van der Waals surface area contributed by atoms with Crippen molar-refractivity contribution in [3.63, 3.8) is 0 Å². The largest absolute Gasteiger partial charge is 0.494 e. The monoisotopic (exact) mass is 587 g/mol. The van der Waals surface area contributed by atoms with Gasteiger partial charge < -0.3 is 28.6 Å². The Bertz CT molecular complexity index is 1390. The molecular formula is C30H28Cl3NO5. The lowest BCUT2D eigenvalue weighted by Gasteiger charge is -2.46. The van der Waals surface area contributed by atoms with Crippen molar-refractivity contribution in [1.82, 2.24) is 4.90 Å². The summed E-state index contributed by atoms with van der Waals surface area (Å²) in [5.41, 5.74) is 4.93. The van der Waals surface area contributed by atoms with Gasteiger partial charge in [-0.15, -0.1) is 0 Å². The number of nitrogens with zero attached hydrogens (tertiary/aromatic N) is 1. The fraction of sp³-hybridized carbons (Fsp3) is 0.333. The molecule has 3 heterocycles. The number of benzene rings is 3. The van der Waals surface area contributed by atoms with Crippen molar-refractivity contribution in [3.8, 4) is 28.7 Å². The molecule has 0 aliphatic carbocycles. The van der Waals surface area contributed by atoms with E-state index in [0.717, 1.165) is 58.9 Å². The number of alkyl halides is 3. The second kappa shape index (κ2) is 10.9. The number of halogens is 3. The summed E-state index contributed by atoms with van der Waals surface area (Å²) in [4.78, 5) is 2.15. The van der Waals surface area contributed by atoms with Gasteiger partial charge >= 0.3 is 0 Å². The molecule has 0 bridgehead atoms. The lowest BCUT2D eigenvalue weighted by molar-refractivity contribution is 0.174. The van der Waals surface area contributed by atoms with Gasteiger partial charge in [0.2, 0.25) is 10.6 Å². The van der Waals surface area contributed by atoms with Crippen molar-refractivity contribution < 1.29 is 23.7 Å². The minimum absolute atomic E-state index is 0.222. The number of ether oxygens (including phenoxy) is 5. The molecule has 0 unspecified atom stereocenters. The summed E-state index contributed by atoms with van der Waals surface area (Å²) in [6.45, 7) is 1.97. The average molecular weight is 589 g/mol. The molecular weight excluding hydrogens is 561 g/mol. The summed E-state index contributed by atoms with van der Waals surface area (Å²) >= 11 is 20.1. The quantitative estimate of drug-likeness (QED) is 0.201. The van der Waals surface area contributed by atoms with Crippen LogP contribution in [0.5, 0.6) is 28.7 Å². The molecule has 6 rings (SSSR count). The zero-order chi connectivity index (χ0) is 27.0. The molecule has 0 saturated carbocycles. The van der Waals surface area contributed by atoms with Gasteiger partial charge in [0.25, 0.3) is 0 Å². The number of hydrogen-bond acceptors (Lipinski definition) is 6. The van der Waals surface area contributed by atoms with Crippen molar-refractivity contribution in [2.24, 2.45) is 0 Å². The van der Waals surface area contributed by atoms with Gasteiger partial charge in [-0.25, -0.2) is 0 Å². The molecule has 1 atom stereocenters. The van der Waals surface area contributed by atoms with Crippen LogP contribution in [0, 0.1) is 0 Å². The van der Waals surface area contributed by atoms with E-state index >= 15 is 0 Å². The summed E-state index contributed by atoms with van der Waals surface area (Å²) in [6.07, 6.45) is 4.53. The predicted octanol–water partition coefficient (Wildman–Crippen LogP) is 7.44. The van der Waals surface area contributed by atoms with Gasteiger partial charge in [-0.3, -0.25) is 0 Å².